The summed E-state index contributed by atoms with van der Waals surface area (Å²) >= 11 is 1.61. The molecule has 2 N–H and O–H groups in total. The molecule has 0 bridgehead atoms. The first-order valence-electron chi connectivity index (χ1n) is 9.44. The van der Waals surface area contributed by atoms with E-state index in [0.29, 0.717) is 18.8 Å². The number of hydrogen-bond acceptors (Lipinski definition) is 5. The lowest BCUT2D eigenvalue weighted by Crippen LogP contribution is -2.33. The first kappa shape index (κ1) is 19.5. The molecule has 2 amide bonds. The molecule has 1 aromatic rings. The molecule has 3 saturated heterocycles. The summed E-state index contributed by atoms with van der Waals surface area (Å²) < 4.78 is 27.5. The van der Waals surface area contributed by atoms with Crippen LogP contribution in [-0.2, 0) is 14.8 Å². The van der Waals surface area contributed by atoms with Crippen LogP contribution in [0.3, 0.4) is 0 Å². The Hall–Kier alpha value is -1.78. The molecular weight excluding hydrogens is 400 g/mol. The maximum atomic E-state index is 13.0. The molecule has 152 valence electrons. The van der Waals surface area contributed by atoms with Gasteiger partial charge in [0.1, 0.15) is 10.6 Å². The number of rotatable bonds is 5. The third-order valence-electron chi connectivity index (χ3n) is 5.61. The Bertz CT molecular complexity index is 877. The fourth-order valence-electron chi connectivity index (χ4n) is 4.12. The number of hydrogen-bond donors (Lipinski definition) is 2. The number of nitrogens with zero attached hydrogens (tertiary/aromatic N) is 2. The minimum absolute atomic E-state index is 0.00213. The maximum absolute atomic E-state index is 13.0. The summed E-state index contributed by atoms with van der Waals surface area (Å²) in [5, 5.41) is 3.04. The first-order valence-corrected chi connectivity index (χ1v) is 11.8. The first-order chi connectivity index (χ1) is 13.4. The lowest BCUT2D eigenvalue weighted by atomic mass is 10.1. The number of fused-ring (bicyclic) bond motifs is 1. The zero-order valence-corrected chi connectivity index (χ0v) is 17.1. The van der Waals surface area contributed by atoms with E-state index in [9.17, 15) is 18.0 Å². The van der Waals surface area contributed by atoms with Crippen molar-refractivity contribution in [3.63, 3.8) is 0 Å². The number of likely N-dealkylation sites (tertiary alicyclic amines) is 1. The third-order valence-corrected chi connectivity index (χ3v) is 8.94. The molecule has 8 nitrogen and oxygen atoms in total. The van der Waals surface area contributed by atoms with Crippen molar-refractivity contribution in [1.29, 1.82) is 0 Å². The highest BCUT2D eigenvalue weighted by Crippen LogP contribution is 2.43. The Morgan fingerprint density at radius 3 is 2.71 bits per heavy atom. The number of aromatic amines is 1. The highest BCUT2D eigenvalue weighted by atomic mass is 32.2. The number of aromatic nitrogens is 1. The van der Waals surface area contributed by atoms with Gasteiger partial charge in [0.15, 0.2) is 0 Å². The fourth-order valence-corrected chi connectivity index (χ4v) is 7.38. The van der Waals surface area contributed by atoms with E-state index in [1.165, 1.54) is 22.6 Å². The summed E-state index contributed by atoms with van der Waals surface area (Å²) in [6.07, 6.45) is 5.37. The fraction of sp³-hybridized carbons (Fsp3) is 0.556. The van der Waals surface area contributed by atoms with Crippen LogP contribution in [-0.4, -0.2) is 71.2 Å². The van der Waals surface area contributed by atoms with Gasteiger partial charge in [0.25, 0.3) is 5.91 Å². The quantitative estimate of drug-likeness (QED) is 0.687. The van der Waals surface area contributed by atoms with Crippen molar-refractivity contribution in [2.45, 2.75) is 34.8 Å². The predicted octanol–water partition coefficient (Wildman–Crippen LogP) is 1.01. The van der Waals surface area contributed by atoms with Crippen LogP contribution in [0.5, 0.6) is 0 Å². The van der Waals surface area contributed by atoms with E-state index in [0.717, 1.165) is 32.4 Å². The van der Waals surface area contributed by atoms with E-state index in [1.807, 2.05) is 0 Å². The molecule has 28 heavy (non-hydrogen) atoms. The molecule has 0 spiro atoms. The van der Waals surface area contributed by atoms with Gasteiger partial charge in [-0.15, -0.1) is 11.8 Å². The van der Waals surface area contributed by atoms with E-state index in [2.05, 4.69) is 16.9 Å². The molecule has 3 unspecified atom stereocenters. The van der Waals surface area contributed by atoms with Crippen molar-refractivity contribution in [2.24, 2.45) is 5.92 Å². The molecular formula is C18H24N4O4S2. The smallest absolute Gasteiger partial charge is 0.270 e. The van der Waals surface area contributed by atoms with Crippen molar-refractivity contribution in [2.75, 3.05) is 26.2 Å². The van der Waals surface area contributed by atoms with Crippen LogP contribution >= 0.6 is 11.8 Å². The van der Waals surface area contributed by atoms with Crippen molar-refractivity contribution >= 4 is 33.6 Å². The minimum atomic E-state index is -3.65. The second-order valence-electron chi connectivity index (χ2n) is 7.44. The van der Waals surface area contributed by atoms with Crippen molar-refractivity contribution < 1.29 is 18.0 Å². The highest BCUT2D eigenvalue weighted by Gasteiger charge is 2.46. The second-order valence-corrected chi connectivity index (χ2v) is 10.8. The average molecular weight is 425 g/mol. The monoisotopic (exact) mass is 424 g/mol. The number of thioether (sulfide) groups is 1. The Kier molecular flexibility index (Phi) is 5.28. The SMILES string of the molecule is C=CC(=O)NC1CC2CN(S(=O)(=O)c3c[nH]c(C(=O)N4CCCC4)c3)CC2S1. The summed E-state index contributed by atoms with van der Waals surface area (Å²) in [6.45, 7) is 5.74. The van der Waals surface area contributed by atoms with Gasteiger partial charge in [-0.25, -0.2) is 8.42 Å². The summed E-state index contributed by atoms with van der Waals surface area (Å²) in [5.74, 6) is -0.141. The van der Waals surface area contributed by atoms with Crippen LogP contribution in [0.2, 0.25) is 0 Å². The van der Waals surface area contributed by atoms with Gasteiger partial charge >= 0.3 is 0 Å². The lowest BCUT2D eigenvalue weighted by molar-refractivity contribution is -0.116. The maximum Gasteiger partial charge on any atom is 0.270 e. The molecule has 1 aromatic heterocycles. The molecule has 3 aliphatic heterocycles. The van der Waals surface area contributed by atoms with Crippen molar-refractivity contribution in [1.82, 2.24) is 19.5 Å². The molecule has 3 atom stereocenters. The molecule has 4 heterocycles. The van der Waals surface area contributed by atoms with E-state index >= 15 is 0 Å². The number of sulfonamides is 1. The molecule has 0 radical (unpaired) electrons. The van der Waals surface area contributed by atoms with E-state index in [-0.39, 0.29) is 33.3 Å². The van der Waals surface area contributed by atoms with Crippen LogP contribution in [0, 0.1) is 5.92 Å². The molecule has 0 aliphatic carbocycles. The Morgan fingerprint density at radius 2 is 2.04 bits per heavy atom. The van der Waals surface area contributed by atoms with E-state index in [1.54, 1.807) is 16.7 Å². The van der Waals surface area contributed by atoms with E-state index in [4.69, 9.17) is 0 Å². The van der Waals surface area contributed by atoms with Gasteiger partial charge in [-0.05, 0) is 37.3 Å². The molecule has 0 saturated carbocycles. The molecule has 0 aromatic carbocycles. The van der Waals surface area contributed by atoms with Crippen LogP contribution < -0.4 is 5.32 Å². The van der Waals surface area contributed by atoms with Gasteiger partial charge in [-0.1, -0.05) is 6.58 Å². The number of carbonyl (C=O) groups excluding carboxylic acids is 2. The molecule has 10 heteroatoms. The summed E-state index contributed by atoms with van der Waals surface area (Å²) in [6, 6.07) is 1.45. The topological polar surface area (TPSA) is 103 Å². The van der Waals surface area contributed by atoms with Gasteiger partial charge in [-0.3, -0.25) is 9.59 Å². The van der Waals surface area contributed by atoms with E-state index < -0.39 is 10.0 Å². The Morgan fingerprint density at radius 1 is 1.29 bits per heavy atom. The molecule has 3 aliphatic rings. The normalized spacial score (nSPS) is 27.7. The van der Waals surface area contributed by atoms with Crippen LogP contribution in [0.4, 0.5) is 0 Å². The number of amides is 2. The third kappa shape index (κ3) is 3.60. The zero-order chi connectivity index (χ0) is 19.9. The van der Waals surface area contributed by atoms with Crippen molar-refractivity contribution in [3.8, 4) is 0 Å². The Labute approximate surface area is 168 Å². The molecule has 3 fully saturated rings. The van der Waals surface area contributed by atoms with Crippen LogP contribution in [0.25, 0.3) is 0 Å². The van der Waals surface area contributed by atoms with Gasteiger partial charge < -0.3 is 15.2 Å². The predicted molar refractivity (Wildman–Crippen MR) is 106 cm³/mol. The summed E-state index contributed by atoms with van der Waals surface area (Å²) in [5.41, 5.74) is 0.321. The largest absolute Gasteiger partial charge is 0.356 e. The van der Waals surface area contributed by atoms with Gasteiger partial charge in [0.05, 0.1) is 5.37 Å². The summed E-state index contributed by atoms with van der Waals surface area (Å²) in [7, 11) is -3.65. The average Bonchev–Trinajstić information content (AvgIpc) is 3.43. The van der Waals surface area contributed by atoms with Crippen molar-refractivity contribution in [3.05, 3.63) is 30.6 Å². The zero-order valence-electron chi connectivity index (χ0n) is 15.5. The second kappa shape index (κ2) is 7.57. The van der Waals surface area contributed by atoms with Crippen LogP contribution in [0.15, 0.2) is 29.8 Å². The Balaban J connectivity index is 1.41. The minimum Gasteiger partial charge on any atom is -0.356 e. The lowest BCUT2D eigenvalue weighted by Gasteiger charge is -2.18. The number of H-pyrrole nitrogens is 1. The van der Waals surface area contributed by atoms with Gasteiger partial charge in [-0.2, -0.15) is 4.31 Å². The van der Waals surface area contributed by atoms with Gasteiger partial charge in [0.2, 0.25) is 15.9 Å². The highest BCUT2D eigenvalue weighted by molar-refractivity contribution is 8.00. The summed E-state index contributed by atoms with van der Waals surface area (Å²) in [4.78, 5) is 28.6. The number of carbonyl (C=O) groups is 2. The van der Waals surface area contributed by atoms with Gasteiger partial charge in [0, 0.05) is 37.6 Å². The number of nitrogens with one attached hydrogen (secondary N) is 2. The standard InChI is InChI=1S/C18H24N4O4S2/c1-2-16(23)20-17-7-12-10-22(11-15(12)27-17)28(25,26)13-8-14(19-9-13)18(24)21-5-3-4-6-21/h2,8-9,12,15,17,19H,1,3-7,10-11H2,(H,20,23). The van der Waals surface area contributed by atoms with Crippen LogP contribution in [0.1, 0.15) is 29.8 Å². The molecule has 4 rings (SSSR count).